The summed E-state index contributed by atoms with van der Waals surface area (Å²) in [5.74, 6) is 4.22. The van der Waals surface area contributed by atoms with Gasteiger partial charge in [0.25, 0.3) is 0 Å². The molecule has 4 nitrogen and oxygen atoms in total. The standard InChI is InChI=1S/C76H120O4/c1-17-21-25-29-33-37-41-77-69-57-45-59-51-66(74(8,9)10)53-61(70(59)78-42-38-34-30-26-22-18-2)47-63-55-68(76(14,15)16)56-64(72(63)80-44-40-36-32-28-24-20-4)48-62-54-67(75(11,12)13)52-60(46-58(69)50-65(49-57)73(5,6)7)71(62)79-43-39-35-31-27-23-19-3/h49-56H,17-48H2,1-16H3. The van der Waals surface area contributed by atoms with E-state index in [1.54, 1.807) is 0 Å². The van der Waals surface area contributed by atoms with Gasteiger partial charge in [0.2, 0.25) is 0 Å². The van der Waals surface area contributed by atoms with E-state index >= 15 is 0 Å². The Bertz CT molecular complexity index is 2010. The second kappa shape index (κ2) is 32.8. The highest BCUT2D eigenvalue weighted by Crippen LogP contribution is 2.45. The van der Waals surface area contributed by atoms with Gasteiger partial charge in [-0.3, -0.25) is 0 Å². The van der Waals surface area contributed by atoms with Gasteiger partial charge in [0.15, 0.2) is 0 Å². The van der Waals surface area contributed by atoms with Gasteiger partial charge in [0.1, 0.15) is 23.0 Å². The summed E-state index contributed by atoms with van der Waals surface area (Å²) in [6, 6.07) is 20.0. The SMILES string of the molecule is CCCCCCCCOc1c2cc(C(C)(C)C)cc1Cc1cc(C(C)(C)C)cc(c1OCCCCCCCC)Cc1cc(C(C)(C)C)cc(c1OCCCCCCCC)Cc1cc(C(C)(C)C)cc(c1OCCCCCCCC)C2. The van der Waals surface area contributed by atoms with Crippen LogP contribution >= 0.6 is 0 Å². The van der Waals surface area contributed by atoms with Crippen LogP contribution in [0.5, 0.6) is 23.0 Å². The maximum absolute atomic E-state index is 7.37. The molecule has 0 saturated carbocycles. The fourth-order valence-electron chi connectivity index (χ4n) is 11.6. The highest BCUT2D eigenvalue weighted by molar-refractivity contribution is 5.60. The van der Waals surface area contributed by atoms with Gasteiger partial charge in [0, 0.05) is 25.7 Å². The quantitative estimate of drug-likeness (QED) is 0.0402. The lowest BCUT2D eigenvalue weighted by Crippen LogP contribution is -2.18. The molecule has 0 aromatic heterocycles. The van der Waals surface area contributed by atoms with Gasteiger partial charge in [0.05, 0.1) is 26.4 Å². The van der Waals surface area contributed by atoms with E-state index in [2.05, 4.69) is 159 Å². The first-order valence-electron chi connectivity index (χ1n) is 33.2. The molecule has 4 aromatic rings. The summed E-state index contributed by atoms with van der Waals surface area (Å²) in [6.07, 6.45) is 32.3. The molecule has 0 saturated heterocycles. The maximum Gasteiger partial charge on any atom is 0.126 e. The van der Waals surface area contributed by atoms with Crippen molar-refractivity contribution in [2.45, 2.75) is 312 Å². The van der Waals surface area contributed by atoms with Crippen LogP contribution in [0.25, 0.3) is 0 Å². The highest BCUT2D eigenvalue weighted by atomic mass is 16.5. The molecule has 448 valence electrons. The van der Waals surface area contributed by atoms with Crippen molar-refractivity contribution >= 4 is 0 Å². The van der Waals surface area contributed by atoms with Crippen molar-refractivity contribution in [3.63, 3.8) is 0 Å². The summed E-state index contributed by atoms with van der Waals surface area (Å²) in [5.41, 5.74) is 15.1. The summed E-state index contributed by atoms with van der Waals surface area (Å²) in [4.78, 5) is 0. The zero-order valence-electron chi connectivity index (χ0n) is 54.9. The molecule has 1 aliphatic carbocycles. The lowest BCUT2D eigenvalue weighted by Gasteiger charge is -2.29. The van der Waals surface area contributed by atoms with E-state index in [1.807, 2.05) is 0 Å². The van der Waals surface area contributed by atoms with E-state index in [0.29, 0.717) is 26.4 Å². The van der Waals surface area contributed by atoms with Crippen LogP contribution < -0.4 is 18.9 Å². The molecule has 4 aromatic carbocycles. The Labute approximate surface area is 493 Å². The molecular weight excluding hydrogens is 977 g/mol. The Hall–Kier alpha value is -3.92. The summed E-state index contributed by atoms with van der Waals surface area (Å²) >= 11 is 0. The Kier molecular flexibility index (Phi) is 27.4. The molecule has 0 N–H and O–H groups in total. The summed E-state index contributed by atoms with van der Waals surface area (Å²) in [6.45, 7) is 40.6. The molecule has 0 spiro atoms. The molecule has 1 aliphatic rings. The van der Waals surface area contributed by atoms with Crippen LogP contribution in [0, 0.1) is 0 Å². The molecule has 0 fully saturated rings. The second-order valence-corrected chi connectivity index (χ2v) is 28.7. The van der Waals surface area contributed by atoms with Gasteiger partial charge in [-0.25, -0.2) is 0 Å². The van der Waals surface area contributed by atoms with E-state index in [1.165, 1.54) is 195 Å². The Balaban J connectivity index is 1.89. The lowest BCUT2D eigenvalue weighted by molar-refractivity contribution is 0.292. The van der Waals surface area contributed by atoms with Crippen molar-refractivity contribution in [2.75, 3.05) is 26.4 Å². The molecule has 5 rings (SSSR count). The van der Waals surface area contributed by atoms with Crippen molar-refractivity contribution < 1.29 is 18.9 Å². The molecule has 0 unspecified atom stereocenters. The maximum atomic E-state index is 7.37. The van der Waals surface area contributed by atoms with Crippen molar-refractivity contribution in [1.82, 2.24) is 0 Å². The number of benzene rings is 4. The van der Waals surface area contributed by atoms with Crippen LogP contribution in [-0.4, -0.2) is 26.4 Å². The van der Waals surface area contributed by atoms with Gasteiger partial charge >= 0.3 is 0 Å². The fraction of sp³-hybridized carbons (Fsp3) is 0.684. The molecule has 80 heavy (non-hydrogen) atoms. The molecule has 0 radical (unpaired) electrons. The van der Waals surface area contributed by atoms with Gasteiger partial charge < -0.3 is 18.9 Å². The minimum atomic E-state index is -0.0907. The number of unbranched alkanes of at least 4 members (excludes halogenated alkanes) is 20. The van der Waals surface area contributed by atoms with Gasteiger partial charge in [-0.2, -0.15) is 0 Å². The highest BCUT2D eigenvalue weighted by Gasteiger charge is 2.30. The van der Waals surface area contributed by atoms with Crippen LogP contribution in [0.3, 0.4) is 0 Å². The number of hydrogen-bond donors (Lipinski definition) is 0. The average Bonchev–Trinajstić information content (AvgIpc) is 3.38. The van der Waals surface area contributed by atoms with Crippen LogP contribution in [0.2, 0.25) is 0 Å². The zero-order valence-corrected chi connectivity index (χ0v) is 54.9. The minimum absolute atomic E-state index is 0.0907. The van der Waals surface area contributed by atoms with Crippen LogP contribution in [0.15, 0.2) is 48.5 Å². The lowest BCUT2D eigenvalue weighted by atomic mass is 9.79. The third kappa shape index (κ3) is 21.4. The number of rotatable bonds is 32. The van der Waals surface area contributed by atoms with E-state index in [0.717, 1.165) is 74.4 Å². The molecule has 0 heterocycles. The van der Waals surface area contributed by atoms with E-state index in [-0.39, 0.29) is 21.7 Å². The Morgan fingerprint density at radius 2 is 0.388 bits per heavy atom. The fourth-order valence-corrected chi connectivity index (χ4v) is 11.6. The zero-order chi connectivity index (χ0) is 58.4. The van der Waals surface area contributed by atoms with Crippen molar-refractivity contribution in [3.8, 4) is 23.0 Å². The molecule has 0 amide bonds. The number of ether oxygens (including phenoxy) is 4. The van der Waals surface area contributed by atoms with Gasteiger partial charge in [-0.05, 0) is 114 Å². The Morgan fingerprint density at radius 3 is 0.537 bits per heavy atom. The average molecular weight is 1100 g/mol. The number of hydrogen-bond acceptors (Lipinski definition) is 4. The minimum Gasteiger partial charge on any atom is -0.493 e. The summed E-state index contributed by atoms with van der Waals surface area (Å²) < 4.78 is 29.5. The summed E-state index contributed by atoms with van der Waals surface area (Å²) in [7, 11) is 0. The van der Waals surface area contributed by atoms with E-state index in [9.17, 15) is 0 Å². The van der Waals surface area contributed by atoms with Gasteiger partial charge in [-0.1, -0.05) is 288 Å². The Morgan fingerprint density at radius 1 is 0.237 bits per heavy atom. The van der Waals surface area contributed by atoms with Gasteiger partial charge in [-0.15, -0.1) is 0 Å². The van der Waals surface area contributed by atoms with E-state index in [4.69, 9.17) is 18.9 Å². The number of fused-ring (bicyclic) bond motifs is 8. The van der Waals surface area contributed by atoms with Crippen LogP contribution in [-0.2, 0) is 47.3 Å². The smallest absolute Gasteiger partial charge is 0.126 e. The van der Waals surface area contributed by atoms with E-state index < -0.39 is 0 Å². The van der Waals surface area contributed by atoms with Crippen LogP contribution in [0.4, 0.5) is 0 Å². The third-order valence-corrected chi connectivity index (χ3v) is 16.9. The predicted molar refractivity (Wildman–Crippen MR) is 347 cm³/mol. The predicted octanol–water partition coefficient (Wildman–Crippen LogP) is 22.5. The first kappa shape index (κ1) is 66.9. The molecule has 4 heteroatoms. The molecule has 0 atom stereocenters. The molecule has 0 aliphatic heterocycles. The van der Waals surface area contributed by atoms with Crippen molar-refractivity contribution in [1.29, 1.82) is 0 Å². The normalized spacial score (nSPS) is 13.2. The van der Waals surface area contributed by atoms with Crippen molar-refractivity contribution in [2.24, 2.45) is 0 Å². The molecular formula is C76H120O4. The largest absolute Gasteiger partial charge is 0.493 e. The first-order chi connectivity index (χ1) is 38.1. The molecule has 8 bridgehead atoms. The van der Waals surface area contributed by atoms with Crippen molar-refractivity contribution in [3.05, 3.63) is 115 Å². The van der Waals surface area contributed by atoms with Crippen LogP contribution in [0.1, 0.15) is 332 Å². The third-order valence-electron chi connectivity index (χ3n) is 16.9. The monoisotopic (exact) mass is 1100 g/mol. The topological polar surface area (TPSA) is 36.9 Å². The summed E-state index contributed by atoms with van der Waals surface area (Å²) in [5, 5.41) is 0. The second-order valence-electron chi connectivity index (χ2n) is 28.7. The first-order valence-corrected chi connectivity index (χ1v) is 33.2.